The van der Waals surface area contributed by atoms with E-state index in [-0.39, 0.29) is 37.1 Å². The summed E-state index contributed by atoms with van der Waals surface area (Å²) in [6, 6.07) is 18.4. The summed E-state index contributed by atoms with van der Waals surface area (Å²) in [6.07, 6.45) is 1.64. The first-order valence-electron chi connectivity index (χ1n) is 12.6. The molecular formula is C29H26N2O6. The lowest BCUT2D eigenvalue weighted by Gasteiger charge is -2.46. The van der Waals surface area contributed by atoms with Crippen LogP contribution in [0.3, 0.4) is 0 Å². The van der Waals surface area contributed by atoms with Gasteiger partial charge in [-0.2, -0.15) is 0 Å². The molecule has 4 unspecified atom stereocenters. The maximum atomic E-state index is 13.7. The number of amides is 4. The van der Waals surface area contributed by atoms with Gasteiger partial charge < -0.3 is 4.74 Å². The van der Waals surface area contributed by atoms with Crippen molar-refractivity contribution in [2.45, 2.75) is 20.0 Å². The van der Waals surface area contributed by atoms with E-state index >= 15 is 0 Å². The monoisotopic (exact) mass is 498 g/mol. The summed E-state index contributed by atoms with van der Waals surface area (Å²) in [7, 11) is 0. The number of hydrogen-bond donors (Lipinski definition) is 0. The number of allylic oxidation sites excluding steroid dienone is 1. The van der Waals surface area contributed by atoms with Crippen molar-refractivity contribution in [2.24, 2.45) is 35.5 Å². The molecule has 188 valence electrons. The fourth-order valence-electron chi connectivity index (χ4n) is 6.74. The molecule has 3 fully saturated rings. The molecule has 3 aliphatic carbocycles. The maximum Gasteiger partial charge on any atom is 0.334 e. The van der Waals surface area contributed by atoms with Crippen LogP contribution >= 0.6 is 0 Å². The quantitative estimate of drug-likeness (QED) is 0.448. The molecular weight excluding hydrogens is 472 g/mol. The van der Waals surface area contributed by atoms with Crippen LogP contribution < -0.4 is 0 Å². The smallest absolute Gasteiger partial charge is 0.334 e. The van der Waals surface area contributed by atoms with Gasteiger partial charge in [-0.15, -0.1) is 0 Å². The molecule has 2 aliphatic heterocycles. The summed E-state index contributed by atoms with van der Waals surface area (Å²) in [5.41, 5.74) is 1.84. The van der Waals surface area contributed by atoms with E-state index in [0.717, 1.165) is 11.1 Å². The average Bonchev–Trinajstić information content (AvgIpc) is 3.32. The van der Waals surface area contributed by atoms with Crippen LogP contribution in [0.2, 0.25) is 0 Å². The minimum absolute atomic E-state index is 0.108. The Hall–Kier alpha value is -4.07. The number of rotatable bonds is 6. The van der Waals surface area contributed by atoms with Crippen LogP contribution in [0.5, 0.6) is 0 Å². The molecule has 0 spiro atoms. The molecule has 8 nitrogen and oxygen atoms in total. The van der Waals surface area contributed by atoms with Crippen molar-refractivity contribution in [3.8, 4) is 0 Å². The zero-order valence-corrected chi connectivity index (χ0v) is 20.3. The third-order valence-electron chi connectivity index (χ3n) is 8.19. The lowest BCUT2D eigenvalue weighted by Crippen LogP contribution is -2.53. The highest BCUT2D eigenvalue weighted by Crippen LogP contribution is 2.60. The third-order valence-corrected chi connectivity index (χ3v) is 8.19. The van der Waals surface area contributed by atoms with E-state index < -0.39 is 53.3 Å². The molecule has 2 saturated heterocycles. The predicted octanol–water partition coefficient (Wildman–Crippen LogP) is 2.34. The van der Waals surface area contributed by atoms with Crippen LogP contribution in [0.1, 0.15) is 18.1 Å². The number of carbonyl (C=O) groups excluding carboxylic acids is 5. The number of benzene rings is 2. The minimum Gasteiger partial charge on any atom is -0.463 e. The summed E-state index contributed by atoms with van der Waals surface area (Å²) in [5, 5.41) is 0. The van der Waals surface area contributed by atoms with E-state index in [9.17, 15) is 24.0 Å². The molecule has 4 amide bonds. The highest BCUT2D eigenvalue weighted by molar-refractivity contribution is 6.12. The molecule has 37 heavy (non-hydrogen) atoms. The fourth-order valence-corrected chi connectivity index (χ4v) is 6.74. The third kappa shape index (κ3) is 3.46. The first-order valence-corrected chi connectivity index (χ1v) is 12.6. The number of imide groups is 2. The van der Waals surface area contributed by atoms with Gasteiger partial charge in [0.05, 0.1) is 43.4 Å². The summed E-state index contributed by atoms with van der Waals surface area (Å²) in [6.45, 7) is 2.03. The first kappa shape index (κ1) is 23.3. The van der Waals surface area contributed by atoms with Crippen molar-refractivity contribution < 1.29 is 28.7 Å². The second kappa shape index (κ2) is 8.80. The SMILES string of the molecule is CCOC(=O)C1=CC2C3C(=O)N(Cc4ccccc4)C(=O)C3C1C1C(=O)N(Cc3ccccc3)C(=O)C21. The zero-order chi connectivity index (χ0) is 25.8. The van der Waals surface area contributed by atoms with Gasteiger partial charge in [0.15, 0.2) is 0 Å². The summed E-state index contributed by atoms with van der Waals surface area (Å²) < 4.78 is 5.27. The molecule has 5 aliphatic rings. The fraction of sp³-hybridized carbons (Fsp3) is 0.345. The van der Waals surface area contributed by atoms with E-state index in [1.54, 1.807) is 13.0 Å². The largest absolute Gasteiger partial charge is 0.463 e. The van der Waals surface area contributed by atoms with Gasteiger partial charge in [0.1, 0.15) is 0 Å². The summed E-state index contributed by atoms with van der Waals surface area (Å²) in [5.74, 6) is -7.03. The van der Waals surface area contributed by atoms with E-state index in [1.165, 1.54) is 9.80 Å². The van der Waals surface area contributed by atoms with Crippen LogP contribution in [0, 0.1) is 35.5 Å². The average molecular weight is 499 g/mol. The van der Waals surface area contributed by atoms with E-state index in [4.69, 9.17) is 4.74 Å². The molecule has 7 rings (SSSR count). The van der Waals surface area contributed by atoms with Crippen LogP contribution in [0.25, 0.3) is 0 Å². The highest BCUT2D eigenvalue weighted by Gasteiger charge is 2.70. The number of hydrogen-bond acceptors (Lipinski definition) is 6. The lowest BCUT2D eigenvalue weighted by atomic mass is 9.52. The molecule has 4 atom stereocenters. The van der Waals surface area contributed by atoms with Crippen molar-refractivity contribution in [1.29, 1.82) is 0 Å². The second-order valence-corrected chi connectivity index (χ2v) is 10.0. The van der Waals surface area contributed by atoms with Gasteiger partial charge in [0, 0.05) is 17.4 Å². The molecule has 0 aromatic heterocycles. The Morgan fingerprint density at radius 2 is 1.11 bits per heavy atom. The highest BCUT2D eigenvalue weighted by atomic mass is 16.5. The normalized spacial score (nSPS) is 29.9. The Morgan fingerprint density at radius 3 is 1.54 bits per heavy atom. The van der Waals surface area contributed by atoms with Crippen LogP contribution in [0.15, 0.2) is 72.3 Å². The first-order chi connectivity index (χ1) is 17.9. The van der Waals surface area contributed by atoms with Gasteiger partial charge in [0.2, 0.25) is 23.6 Å². The Balaban J connectivity index is 1.39. The Kier molecular flexibility index (Phi) is 5.55. The van der Waals surface area contributed by atoms with Crippen molar-refractivity contribution in [1.82, 2.24) is 9.80 Å². The van der Waals surface area contributed by atoms with Gasteiger partial charge >= 0.3 is 5.97 Å². The number of likely N-dealkylation sites (tertiary alicyclic amines) is 2. The maximum absolute atomic E-state index is 13.7. The van der Waals surface area contributed by atoms with Gasteiger partial charge in [0.25, 0.3) is 0 Å². The van der Waals surface area contributed by atoms with E-state index in [0.29, 0.717) is 0 Å². The lowest BCUT2D eigenvalue weighted by molar-refractivity contribution is -0.146. The molecule has 2 aromatic carbocycles. The number of ether oxygens (including phenoxy) is 1. The van der Waals surface area contributed by atoms with Gasteiger partial charge in [-0.25, -0.2) is 4.79 Å². The van der Waals surface area contributed by atoms with Crippen molar-refractivity contribution >= 4 is 29.6 Å². The van der Waals surface area contributed by atoms with Gasteiger partial charge in [-0.05, 0) is 18.1 Å². The topological polar surface area (TPSA) is 101 Å². The van der Waals surface area contributed by atoms with Gasteiger partial charge in [-0.3, -0.25) is 29.0 Å². The van der Waals surface area contributed by atoms with E-state index in [1.807, 2.05) is 60.7 Å². The van der Waals surface area contributed by atoms with Crippen molar-refractivity contribution in [2.75, 3.05) is 6.61 Å². The Morgan fingerprint density at radius 1 is 0.676 bits per heavy atom. The second-order valence-electron chi connectivity index (χ2n) is 10.0. The Labute approximate surface area is 213 Å². The number of nitrogens with zero attached hydrogens (tertiary/aromatic N) is 2. The molecule has 0 N–H and O–H groups in total. The van der Waals surface area contributed by atoms with Crippen molar-refractivity contribution in [3.63, 3.8) is 0 Å². The molecule has 2 aromatic rings. The number of esters is 1. The van der Waals surface area contributed by atoms with Gasteiger partial charge in [-0.1, -0.05) is 66.7 Å². The standard InChI is InChI=1S/C29H26N2O6/c1-2-37-29(36)19-13-18-21-23(27(34)30(25(21)32)14-16-9-5-3-6-10-16)20(19)24-22(18)26(33)31(28(24)35)15-17-11-7-4-8-12-17/h3-13,18,20-24H,2,14-15H2,1H3. The molecule has 0 radical (unpaired) electrons. The zero-order valence-electron chi connectivity index (χ0n) is 20.3. The molecule has 2 bridgehead atoms. The van der Waals surface area contributed by atoms with Crippen LogP contribution in [-0.2, 0) is 41.8 Å². The molecule has 1 saturated carbocycles. The van der Waals surface area contributed by atoms with Crippen LogP contribution in [-0.4, -0.2) is 46.0 Å². The predicted molar refractivity (Wildman–Crippen MR) is 130 cm³/mol. The summed E-state index contributed by atoms with van der Waals surface area (Å²) >= 11 is 0. The summed E-state index contributed by atoms with van der Waals surface area (Å²) in [4.78, 5) is 70.2. The van der Waals surface area contributed by atoms with E-state index in [2.05, 4.69) is 0 Å². The Bertz CT molecular complexity index is 1250. The molecule has 2 heterocycles. The van der Waals surface area contributed by atoms with Crippen LogP contribution in [0.4, 0.5) is 0 Å². The number of carbonyl (C=O) groups is 5. The van der Waals surface area contributed by atoms with Crippen molar-refractivity contribution in [3.05, 3.63) is 83.4 Å². The molecule has 8 heteroatoms. The minimum atomic E-state index is -0.881.